The molecule has 9 nitrogen and oxygen atoms in total. The number of imidazole rings is 1. The minimum absolute atomic E-state index is 0.101. The van der Waals surface area contributed by atoms with Crippen LogP contribution in [-0.2, 0) is 11.0 Å². The highest BCUT2D eigenvalue weighted by Gasteiger charge is 2.17. The van der Waals surface area contributed by atoms with E-state index in [0.29, 0.717) is 11.2 Å². The number of aromatic nitrogens is 4. The minimum atomic E-state index is -4.28. The maximum absolute atomic E-state index is 10.7. The average Bonchev–Trinajstić information content (AvgIpc) is 2.69. The van der Waals surface area contributed by atoms with Crippen molar-refractivity contribution in [3.05, 3.63) is 5.82 Å². The molecule has 0 aliphatic rings. The lowest BCUT2D eigenvalue weighted by atomic mass is 10.3. The van der Waals surface area contributed by atoms with Crippen LogP contribution in [0.4, 0.5) is 5.82 Å². The lowest BCUT2D eigenvalue weighted by Crippen LogP contribution is -2.04. The second kappa shape index (κ2) is 5.12. The molecule has 2 rings (SSSR count). The predicted molar refractivity (Wildman–Crippen MR) is 67.6 cm³/mol. The van der Waals surface area contributed by atoms with Gasteiger partial charge in [0.05, 0.1) is 0 Å². The van der Waals surface area contributed by atoms with Gasteiger partial charge in [-0.1, -0.05) is 6.92 Å². The maximum atomic E-state index is 10.7. The van der Waals surface area contributed by atoms with Crippen LogP contribution in [0, 0.1) is 0 Å². The summed E-state index contributed by atoms with van der Waals surface area (Å²) in [5, 5.41) is 0. The molecule has 104 valence electrons. The van der Waals surface area contributed by atoms with Crippen molar-refractivity contribution in [1.82, 2.24) is 19.9 Å². The van der Waals surface area contributed by atoms with Gasteiger partial charge in [0.2, 0.25) is 0 Å². The van der Waals surface area contributed by atoms with E-state index in [1.807, 2.05) is 6.92 Å². The van der Waals surface area contributed by atoms with Crippen LogP contribution in [-0.4, -0.2) is 36.1 Å². The molecule has 0 saturated carbocycles. The lowest BCUT2D eigenvalue weighted by Gasteiger charge is -2.05. The van der Waals surface area contributed by atoms with Crippen molar-refractivity contribution in [3.63, 3.8) is 0 Å². The Kier molecular flexibility index (Phi) is 3.70. The maximum Gasteiger partial charge on any atom is 0.362 e. The minimum Gasteiger partial charge on any atom is -0.450 e. The molecule has 0 saturated heterocycles. The fourth-order valence-corrected chi connectivity index (χ4v) is 1.79. The quantitative estimate of drug-likeness (QED) is 0.578. The van der Waals surface area contributed by atoms with E-state index in [1.54, 1.807) is 0 Å². The summed E-state index contributed by atoms with van der Waals surface area (Å²) in [7, 11) is -4.28. The van der Waals surface area contributed by atoms with Crippen LogP contribution in [0.5, 0.6) is 6.01 Å². The molecule has 0 amide bonds. The lowest BCUT2D eigenvalue weighted by molar-refractivity contribution is 0.287. The number of nitrogen functional groups attached to an aromatic ring is 1. The van der Waals surface area contributed by atoms with Crippen LogP contribution in [0.25, 0.3) is 11.2 Å². The Bertz CT molecular complexity index is 637. The molecule has 0 fully saturated rings. The van der Waals surface area contributed by atoms with E-state index in [4.69, 9.17) is 20.3 Å². The van der Waals surface area contributed by atoms with Gasteiger partial charge in [0.25, 0.3) is 0 Å². The monoisotopic (exact) mass is 287 g/mol. The molecule has 0 spiro atoms. The summed E-state index contributed by atoms with van der Waals surface area (Å²) in [6, 6.07) is -0.194. The van der Waals surface area contributed by atoms with Crippen LogP contribution in [0.1, 0.15) is 19.2 Å². The molecule has 0 aliphatic heterocycles. The Hall–Kier alpha value is -1.70. The highest BCUT2D eigenvalue weighted by atomic mass is 31.2. The molecule has 5 N–H and O–H groups in total. The summed E-state index contributed by atoms with van der Waals surface area (Å²) in [5.41, 5.74) is 6.51. The average molecular weight is 287 g/mol. The molecule has 0 radical (unpaired) electrons. The predicted octanol–water partition coefficient (Wildman–Crippen LogP) is 0.402. The Morgan fingerprint density at radius 3 is 2.74 bits per heavy atom. The number of aryl methyl sites for hydroxylation is 1. The van der Waals surface area contributed by atoms with Crippen molar-refractivity contribution < 1.29 is 19.1 Å². The van der Waals surface area contributed by atoms with E-state index in [9.17, 15) is 4.57 Å². The van der Waals surface area contributed by atoms with Gasteiger partial charge in [-0.3, -0.25) is 4.57 Å². The molecule has 0 atom stereocenters. The van der Waals surface area contributed by atoms with Gasteiger partial charge in [-0.05, 0) is 6.42 Å². The molecule has 0 aliphatic carbocycles. The first-order valence-electron chi connectivity index (χ1n) is 5.58. The van der Waals surface area contributed by atoms with E-state index in [-0.39, 0.29) is 11.8 Å². The third-order valence-electron chi connectivity index (χ3n) is 2.25. The topological polar surface area (TPSA) is 147 Å². The second-order valence-corrected chi connectivity index (χ2v) is 5.55. The van der Waals surface area contributed by atoms with Gasteiger partial charge in [-0.2, -0.15) is 9.97 Å². The largest absolute Gasteiger partial charge is 0.450 e. The number of hydrogen-bond acceptors (Lipinski definition) is 6. The van der Waals surface area contributed by atoms with Crippen LogP contribution in [0.3, 0.4) is 0 Å². The molecule has 2 aromatic heterocycles. The first kappa shape index (κ1) is 13.7. The van der Waals surface area contributed by atoms with E-state index in [0.717, 1.165) is 18.7 Å². The molecule has 10 heteroatoms. The second-order valence-electron chi connectivity index (χ2n) is 3.96. The Morgan fingerprint density at radius 1 is 1.37 bits per heavy atom. The first-order valence-corrected chi connectivity index (χ1v) is 7.38. The molecular weight excluding hydrogens is 273 g/mol. The van der Waals surface area contributed by atoms with Gasteiger partial charge in [0.1, 0.15) is 5.82 Å². The van der Waals surface area contributed by atoms with Gasteiger partial charge < -0.3 is 25.2 Å². The van der Waals surface area contributed by atoms with Gasteiger partial charge >= 0.3 is 13.6 Å². The summed E-state index contributed by atoms with van der Waals surface area (Å²) in [5.74, 6) is 0.829. The zero-order chi connectivity index (χ0) is 14.0. The van der Waals surface area contributed by atoms with Crippen LogP contribution >= 0.6 is 7.60 Å². The normalized spacial score (nSPS) is 11.9. The molecule has 2 aromatic rings. The zero-order valence-electron chi connectivity index (χ0n) is 10.2. The molecule has 0 aromatic carbocycles. The van der Waals surface area contributed by atoms with Gasteiger partial charge in [-0.25, -0.2) is 4.98 Å². The Morgan fingerprint density at radius 2 is 2.11 bits per heavy atom. The van der Waals surface area contributed by atoms with Gasteiger partial charge in [0.15, 0.2) is 23.3 Å². The number of nitrogens with zero attached hydrogens (tertiary/aromatic N) is 3. The van der Waals surface area contributed by atoms with Crippen molar-refractivity contribution in [2.24, 2.45) is 0 Å². The number of nitrogens with one attached hydrogen (secondary N) is 1. The van der Waals surface area contributed by atoms with E-state index < -0.39 is 13.9 Å². The van der Waals surface area contributed by atoms with Gasteiger partial charge in [0, 0.05) is 6.42 Å². The molecule has 0 unspecified atom stereocenters. The number of H-pyrrole nitrogens is 1. The van der Waals surface area contributed by atoms with Crippen LogP contribution < -0.4 is 10.5 Å². The standard InChI is InChI=1S/C9H14N5O4P/c1-2-3-5-11-6-7(10)13-9(14-8(6)12-5)18-4-19(15,16)17/h2-4H2,1H3,(H2,15,16,17)(H3,10,11,12,13,14). The smallest absolute Gasteiger partial charge is 0.362 e. The number of anilines is 1. The molecule has 2 heterocycles. The summed E-state index contributed by atoms with van der Waals surface area (Å²) in [6.07, 6.45) is 0.858. The van der Waals surface area contributed by atoms with Crippen LogP contribution in [0.2, 0.25) is 0 Å². The van der Waals surface area contributed by atoms with Gasteiger partial charge in [-0.15, -0.1) is 0 Å². The van der Waals surface area contributed by atoms with Crippen molar-refractivity contribution in [2.45, 2.75) is 19.8 Å². The highest BCUT2D eigenvalue weighted by Crippen LogP contribution is 2.34. The summed E-state index contributed by atoms with van der Waals surface area (Å²) in [4.78, 5) is 32.4. The van der Waals surface area contributed by atoms with Crippen molar-refractivity contribution in [1.29, 1.82) is 0 Å². The first-order chi connectivity index (χ1) is 8.89. The van der Waals surface area contributed by atoms with E-state index in [1.165, 1.54) is 0 Å². The van der Waals surface area contributed by atoms with Crippen LogP contribution in [0.15, 0.2) is 0 Å². The van der Waals surface area contributed by atoms with E-state index in [2.05, 4.69) is 19.9 Å². The molecular formula is C9H14N5O4P. The SMILES string of the molecule is CCCc1nc2c(N)nc(OCP(=O)(O)O)nc2[nH]1. The number of fused-ring (bicyclic) bond motifs is 1. The molecule has 19 heavy (non-hydrogen) atoms. The molecule has 0 bridgehead atoms. The third kappa shape index (κ3) is 3.40. The number of aromatic amines is 1. The van der Waals surface area contributed by atoms with Crippen molar-refractivity contribution in [2.75, 3.05) is 12.1 Å². The fourth-order valence-electron chi connectivity index (χ4n) is 1.51. The number of hydrogen-bond donors (Lipinski definition) is 4. The summed E-state index contributed by atoms with van der Waals surface area (Å²) in [6.45, 7) is 2.01. The summed E-state index contributed by atoms with van der Waals surface area (Å²) >= 11 is 0. The third-order valence-corrected chi connectivity index (χ3v) is 2.71. The Labute approximate surface area is 108 Å². The fraction of sp³-hybridized carbons (Fsp3) is 0.444. The number of rotatable bonds is 5. The van der Waals surface area contributed by atoms with E-state index >= 15 is 0 Å². The van der Waals surface area contributed by atoms with Crippen molar-refractivity contribution >= 4 is 24.6 Å². The Balaban J connectivity index is 2.30. The van der Waals surface area contributed by atoms with Crippen molar-refractivity contribution in [3.8, 4) is 6.01 Å². The summed E-state index contributed by atoms with van der Waals surface area (Å²) < 4.78 is 15.5. The number of nitrogens with two attached hydrogens (primary N) is 1. The highest BCUT2D eigenvalue weighted by molar-refractivity contribution is 7.51. The number of ether oxygens (including phenoxy) is 1. The zero-order valence-corrected chi connectivity index (χ0v) is 11.1.